The van der Waals surface area contributed by atoms with E-state index < -0.39 is 0 Å². The molecule has 1 heterocycles. The van der Waals surface area contributed by atoms with Gasteiger partial charge in [0.25, 0.3) is 5.91 Å². The van der Waals surface area contributed by atoms with Crippen LogP contribution in [0.1, 0.15) is 27.0 Å². The number of nitrogens with zero attached hydrogens (tertiary/aromatic N) is 2. The third-order valence-corrected chi connectivity index (χ3v) is 4.38. The lowest BCUT2D eigenvalue weighted by molar-refractivity contribution is 0.102. The molecule has 4 rings (SSSR count). The van der Waals surface area contributed by atoms with Crippen molar-refractivity contribution in [3.05, 3.63) is 101 Å². The van der Waals surface area contributed by atoms with Gasteiger partial charge in [-0.2, -0.15) is 0 Å². The van der Waals surface area contributed by atoms with Gasteiger partial charge in [0.15, 0.2) is 0 Å². The van der Waals surface area contributed by atoms with Crippen molar-refractivity contribution in [2.24, 2.45) is 0 Å². The third kappa shape index (κ3) is 4.15. The fourth-order valence-corrected chi connectivity index (χ4v) is 2.94. The van der Waals surface area contributed by atoms with Gasteiger partial charge >= 0.3 is 6.01 Å². The minimum atomic E-state index is -0.286. The zero-order valence-corrected chi connectivity index (χ0v) is 15.4. The maximum absolute atomic E-state index is 12.4. The fraction of sp³-hybridized carbons (Fsp3) is 0.0870. The number of carbonyl (C=O) groups excluding carboxylic acids is 1. The van der Waals surface area contributed by atoms with E-state index in [1.807, 2.05) is 61.5 Å². The van der Waals surface area contributed by atoms with Gasteiger partial charge in [-0.1, -0.05) is 65.3 Å². The lowest BCUT2D eigenvalue weighted by atomic mass is 10.0. The average Bonchev–Trinajstić information content (AvgIpc) is 3.18. The normalized spacial score (nSPS) is 10.6. The Balaban J connectivity index is 1.42. The first-order valence-corrected chi connectivity index (χ1v) is 9.02. The van der Waals surface area contributed by atoms with Crippen LogP contribution in [-0.4, -0.2) is 16.1 Å². The topological polar surface area (TPSA) is 68.0 Å². The van der Waals surface area contributed by atoms with Crippen LogP contribution in [-0.2, 0) is 6.42 Å². The van der Waals surface area contributed by atoms with Crippen LogP contribution >= 0.6 is 0 Å². The quantitative estimate of drug-likeness (QED) is 0.544. The summed E-state index contributed by atoms with van der Waals surface area (Å²) in [6.07, 6.45) is 0.826. The molecule has 0 aliphatic carbocycles. The maximum Gasteiger partial charge on any atom is 0.322 e. The molecule has 0 unspecified atom stereocenters. The van der Waals surface area contributed by atoms with E-state index in [0.29, 0.717) is 11.5 Å². The SMILES string of the molecule is Cc1cccc(-c2nnc(NC(=O)c3ccc(Cc4ccccc4)cc3)o2)c1. The Hall–Kier alpha value is -3.73. The molecule has 28 heavy (non-hydrogen) atoms. The largest absolute Gasteiger partial charge is 0.403 e. The Labute approximate surface area is 163 Å². The van der Waals surface area contributed by atoms with Gasteiger partial charge in [0, 0.05) is 11.1 Å². The van der Waals surface area contributed by atoms with Gasteiger partial charge in [-0.05, 0) is 48.7 Å². The summed E-state index contributed by atoms with van der Waals surface area (Å²) < 4.78 is 5.57. The van der Waals surface area contributed by atoms with Gasteiger partial charge in [0.2, 0.25) is 5.89 Å². The van der Waals surface area contributed by atoms with Crippen LogP contribution in [0.15, 0.2) is 83.3 Å². The van der Waals surface area contributed by atoms with E-state index in [1.54, 1.807) is 12.1 Å². The molecule has 0 aliphatic rings. The van der Waals surface area contributed by atoms with Crippen molar-refractivity contribution in [2.75, 3.05) is 5.32 Å². The Morgan fingerprint density at radius 1 is 0.893 bits per heavy atom. The molecule has 0 bridgehead atoms. The first-order valence-electron chi connectivity index (χ1n) is 9.02. The molecule has 0 radical (unpaired) electrons. The summed E-state index contributed by atoms with van der Waals surface area (Å²) in [5.74, 6) is 0.0860. The first-order chi connectivity index (χ1) is 13.7. The van der Waals surface area contributed by atoms with Gasteiger partial charge in [-0.25, -0.2) is 0 Å². The van der Waals surface area contributed by atoms with Crippen molar-refractivity contribution in [3.63, 3.8) is 0 Å². The summed E-state index contributed by atoms with van der Waals surface area (Å²) in [6.45, 7) is 1.99. The number of amides is 1. The highest BCUT2D eigenvalue weighted by Crippen LogP contribution is 2.21. The molecule has 5 heteroatoms. The fourth-order valence-electron chi connectivity index (χ4n) is 2.94. The number of rotatable bonds is 5. The second-order valence-corrected chi connectivity index (χ2v) is 6.60. The molecular weight excluding hydrogens is 350 g/mol. The van der Waals surface area contributed by atoms with Crippen molar-refractivity contribution in [1.82, 2.24) is 10.2 Å². The second-order valence-electron chi connectivity index (χ2n) is 6.60. The van der Waals surface area contributed by atoms with Crippen LogP contribution in [0.2, 0.25) is 0 Å². The van der Waals surface area contributed by atoms with Crippen molar-refractivity contribution in [2.45, 2.75) is 13.3 Å². The standard InChI is InChI=1S/C23H19N3O2/c1-16-6-5-9-20(14-16)22-25-26-23(28-22)24-21(27)19-12-10-18(11-13-19)15-17-7-3-2-4-8-17/h2-14H,15H2,1H3,(H,24,26,27). The van der Waals surface area contributed by atoms with Crippen LogP contribution in [0.3, 0.4) is 0 Å². The van der Waals surface area contributed by atoms with Gasteiger partial charge in [-0.3, -0.25) is 10.1 Å². The monoisotopic (exact) mass is 369 g/mol. The van der Waals surface area contributed by atoms with E-state index in [2.05, 4.69) is 27.6 Å². The molecule has 5 nitrogen and oxygen atoms in total. The molecule has 4 aromatic rings. The molecule has 0 fully saturated rings. The number of aromatic nitrogens is 2. The van der Waals surface area contributed by atoms with Crippen LogP contribution < -0.4 is 5.32 Å². The van der Waals surface area contributed by atoms with Gasteiger partial charge < -0.3 is 4.42 Å². The van der Waals surface area contributed by atoms with Crippen LogP contribution in [0.5, 0.6) is 0 Å². The highest BCUT2D eigenvalue weighted by molar-refractivity contribution is 6.03. The number of anilines is 1. The summed E-state index contributed by atoms with van der Waals surface area (Å²) in [6, 6.07) is 25.5. The molecule has 0 spiro atoms. The molecule has 0 atom stereocenters. The minimum absolute atomic E-state index is 0.0786. The lowest BCUT2D eigenvalue weighted by Crippen LogP contribution is -2.12. The van der Waals surface area contributed by atoms with Gasteiger partial charge in [-0.15, -0.1) is 5.10 Å². The van der Waals surface area contributed by atoms with E-state index >= 15 is 0 Å². The van der Waals surface area contributed by atoms with E-state index in [0.717, 1.165) is 23.1 Å². The zero-order valence-electron chi connectivity index (χ0n) is 15.4. The Morgan fingerprint density at radius 2 is 1.64 bits per heavy atom. The molecule has 138 valence electrons. The van der Waals surface area contributed by atoms with Gasteiger partial charge in [0.05, 0.1) is 0 Å². The summed E-state index contributed by atoms with van der Waals surface area (Å²) in [5.41, 5.74) is 4.82. The van der Waals surface area contributed by atoms with Crippen molar-refractivity contribution in [1.29, 1.82) is 0 Å². The smallest absolute Gasteiger partial charge is 0.322 e. The third-order valence-electron chi connectivity index (χ3n) is 4.38. The Morgan fingerprint density at radius 3 is 2.39 bits per heavy atom. The van der Waals surface area contributed by atoms with E-state index in [4.69, 9.17) is 4.42 Å². The molecule has 1 aromatic heterocycles. The predicted octanol–water partition coefficient (Wildman–Crippen LogP) is 4.89. The Bertz CT molecular complexity index is 1090. The molecule has 0 saturated carbocycles. The van der Waals surface area contributed by atoms with Gasteiger partial charge in [0.1, 0.15) is 0 Å². The summed E-state index contributed by atoms with van der Waals surface area (Å²) in [5, 5.41) is 10.6. The van der Waals surface area contributed by atoms with E-state index in [9.17, 15) is 4.79 Å². The molecular formula is C23H19N3O2. The van der Waals surface area contributed by atoms with Crippen molar-refractivity contribution >= 4 is 11.9 Å². The van der Waals surface area contributed by atoms with E-state index in [1.165, 1.54) is 5.56 Å². The summed E-state index contributed by atoms with van der Waals surface area (Å²) in [4.78, 5) is 12.4. The second kappa shape index (κ2) is 7.88. The van der Waals surface area contributed by atoms with Crippen LogP contribution in [0.25, 0.3) is 11.5 Å². The number of hydrogen-bond acceptors (Lipinski definition) is 4. The molecule has 1 amide bonds. The number of aryl methyl sites for hydroxylation is 1. The van der Waals surface area contributed by atoms with Crippen molar-refractivity contribution < 1.29 is 9.21 Å². The first kappa shape index (κ1) is 17.7. The summed E-state index contributed by atoms with van der Waals surface area (Å²) >= 11 is 0. The van der Waals surface area contributed by atoms with Crippen LogP contribution in [0.4, 0.5) is 6.01 Å². The highest BCUT2D eigenvalue weighted by Gasteiger charge is 2.13. The number of hydrogen-bond donors (Lipinski definition) is 1. The highest BCUT2D eigenvalue weighted by atomic mass is 16.4. The maximum atomic E-state index is 12.4. The predicted molar refractivity (Wildman–Crippen MR) is 108 cm³/mol. The molecule has 1 N–H and O–H groups in total. The average molecular weight is 369 g/mol. The minimum Gasteiger partial charge on any atom is -0.403 e. The van der Waals surface area contributed by atoms with Crippen LogP contribution in [0, 0.1) is 6.92 Å². The molecule has 0 aliphatic heterocycles. The summed E-state index contributed by atoms with van der Waals surface area (Å²) in [7, 11) is 0. The Kier molecular flexibility index (Phi) is 4.97. The number of carbonyl (C=O) groups is 1. The molecule has 0 saturated heterocycles. The number of nitrogens with one attached hydrogen (secondary N) is 1. The molecule has 3 aromatic carbocycles. The lowest BCUT2D eigenvalue weighted by Gasteiger charge is -2.04. The zero-order chi connectivity index (χ0) is 19.3. The van der Waals surface area contributed by atoms with Crippen molar-refractivity contribution in [3.8, 4) is 11.5 Å². The van der Waals surface area contributed by atoms with E-state index in [-0.39, 0.29) is 11.9 Å². The number of benzene rings is 3.